The maximum atomic E-state index is 12.7. The molecule has 0 saturated carbocycles. The molecule has 1 aromatic heterocycles. The zero-order chi connectivity index (χ0) is 19.4. The van der Waals surface area contributed by atoms with Crippen LogP contribution < -0.4 is 0 Å². The molecule has 0 unspecified atom stereocenters. The van der Waals surface area contributed by atoms with Gasteiger partial charge < -0.3 is 5.11 Å². The van der Waals surface area contributed by atoms with Crippen molar-refractivity contribution in [2.24, 2.45) is 4.99 Å². The van der Waals surface area contributed by atoms with E-state index in [1.807, 2.05) is 6.92 Å². The molecule has 1 N–H and O–H groups in total. The summed E-state index contributed by atoms with van der Waals surface area (Å²) in [7, 11) is 0. The van der Waals surface area contributed by atoms with Gasteiger partial charge in [-0.1, -0.05) is 36.5 Å². The van der Waals surface area contributed by atoms with E-state index in [1.165, 1.54) is 40.1 Å². The first-order valence-electron chi connectivity index (χ1n) is 8.08. The molecule has 1 aliphatic heterocycles. The quantitative estimate of drug-likeness (QED) is 0.588. The van der Waals surface area contributed by atoms with E-state index in [2.05, 4.69) is 21.8 Å². The number of carbonyl (C=O) groups excluding carboxylic acids is 1. The first-order valence-corrected chi connectivity index (χ1v) is 9.72. The van der Waals surface area contributed by atoms with Gasteiger partial charge in [-0.3, -0.25) is 9.69 Å². The van der Waals surface area contributed by atoms with Crippen molar-refractivity contribution in [1.29, 1.82) is 0 Å². The van der Waals surface area contributed by atoms with E-state index in [0.717, 1.165) is 17.0 Å². The summed E-state index contributed by atoms with van der Waals surface area (Å²) < 4.78 is 0. The van der Waals surface area contributed by atoms with Gasteiger partial charge in [0.2, 0.25) is 5.13 Å². The van der Waals surface area contributed by atoms with E-state index in [4.69, 9.17) is 5.11 Å². The van der Waals surface area contributed by atoms with Crippen LogP contribution in [0.5, 0.6) is 0 Å². The minimum absolute atomic E-state index is 0.179. The molecule has 1 fully saturated rings. The zero-order valence-corrected chi connectivity index (χ0v) is 16.1. The Balaban J connectivity index is 1.89. The molecule has 0 aliphatic carbocycles. The monoisotopic (exact) mass is 400 g/mol. The molecule has 2 aromatic rings. The maximum absolute atomic E-state index is 12.7. The Morgan fingerprint density at radius 1 is 1.33 bits per heavy atom. The highest BCUT2D eigenvalue weighted by molar-refractivity contribution is 8.18. The van der Waals surface area contributed by atoms with Gasteiger partial charge in [-0.15, -0.1) is 16.8 Å². The van der Waals surface area contributed by atoms with Crippen molar-refractivity contribution >= 4 is 51.4 Å². The minimum atomic E-state index is -0.990. The maximum Gasteiger partial charge on any atom is 0.335 e. The van der Waals surface area contributed by atoms with Gasteiger partial charge in [0, 0.05) is 6.54 Å². The summed E-state index contributed by atoms with van der Waals surface area (Å²) >= 11 is 2.63. The molecule has 1 saturated heterocycles. The number of aromatic carboxylic acids is 1. The number of hydrogen-bond donors (Lipinski definition) is 1. The fourth-order valence-electron chi connectivity index (χ4n) is 2.27. The number of amidine groups is 1. The van der Waals surface area contributed by atoms with E-state index < -0.39 is 5.97 Å². The van der Waals surface area contributed by atoms with Crippen LogP contribution in [0.1, 0.15) is 27.9 Å². The zero-order valence-electron chi connectivity index (χ0n) is 14.5. The first kappa shape index (κ1) is 19.0. The second-order valence-electron chi connectivity index (χ2n) is 5.47. The van der Waals surface area contributed by atoms with Crippen molar-refractivity contribution in [2.75, 3.05) is 6.54 Å². The fraction of sp³-hybridized carbons (Fsp3) is 0.167. The van der Waals surface area contributed by atoms with Crippen LogP contribution in [-0.4, -0.2) is 43.8 Å². The summed E-state index contributed by atoms with van der Waals surface area (Å²) in [6.07, 6.45) is 4.13. The molecule has 1 aromatic carbocycles. The topological polar surface area (TPSA) is 95.8 Å². The number of carboxylic acids is 1. The molecule has 1 aliphatic rings. The van der Waals surface area contributed by atoms with Crippen molar-refractivity contribution in [3.8, 4) is 0 Å². The third kappa shape index (κ3) is 4.32. The number of hydrogen-bond acceptors (Lipinski definition) is 7. The first-order chi connectivity index (χ1) is 13.0. The lowest BCUT2D eigenvalue weighted by atomic mass is 10.1. The molecule has 1 amide bonds. The number of carbonyl (C=O) groups is 2. The third-order valence-electron chi connectivity index (χ3n) is 3.61. The van der Waals surface area contributed by atoms with E-state index in [1.54, 1.807) is 24.3 Å². The summed E-state index contributed by atoms with van der Waals surface area (Å²) in [5.41, 5.74) is 0.931. The van der Waals surface area contributed by atoms with Crippen LogP contribution in [-0.2, 0) is 11.2 Å². The summed E-state index contributed by atoms with van der Waals surface area (Å²) in [5, 5.41) is 19.0. The van der Waals surface area contributed by atoms with Crippen LogP contribution in [0.25, 0.3) is 6.08 Å². The fourth-order valence-corrected chi connectivity index (χ4v) is 3.97. The number of rotatable bonds is 6. The average molecular weight is 400 g/mol. The number of amides is 1. The van der Waals surface area contributed by atoms with Gasteiger partial charge in [-0.05, 0) is 42.0 Å². The van der Waals surface area contributed by atoms with Crippen LogP contribution in [0.2, 0.25) is 0 Å². The Morgan fingerprint density at radius 3 is 2.67 bits per heavy atom. The lowest BCUT2D eigenvalue weighted by molar-refractivity contribution is -0.121. The smallest absolute Gasteiger partial charge is 0.335 e. The molecule has 2 heterocycles. The van der Waals surface area contributed by atoms with E-state index >= 15 is 0 Å². The highest BCUT2D eigenvalue weighted by Crippen LogP contribution is 2.34. The number of aromatic nitrogens is 2. The van der Waals surface area contributed by atoms with Gasteiger partial charge in [0.25, 0.3) is 5.91 Å². The Labute approximate surface area is 164 Å². The van der Waals surface area contributed by atoms with Crippen LogP contribution in [0.4, 0.5) is 5.13 Å². The average Bonchev–Trinajstić information content (AvgIpc) is 3.22. The van der Waals surface area contributed by atoms with E-state index in [0.29, 0.717) is 21.7 Å². The third-order valence-corrected chi connectivity index (χ3v) is 5.57. The molecule has 0 spiro atoms. The summed E-state index contributed by atoms with van der Waals surface area (Å²) in [6, 6.07) is 6.33. The van der Waals surface area contributed by atoms with Gasteiger partial charge in [0.05, 0.1) is 10.5 Å². The number of thioether (sulfide) groups is 1. The van der Waals surface area contributed by atoms with Gasteiger partial charge >= 0.3 is 5.97 Å². The minimum Gasteiger partial charge on any atom is -0.478 e. The molecule has 3 rings (SSSR count). The SMILES string of the molecule is C=CCN1C(=O)/C(=C\c2ccc(C(=O)O)cc2)S/C1=N/c1nnc(CC)s1. The number of benzene rings is 1. The van der Waals surface area contributed by atoms with Gasteiger partial charge in [-0.25, -0.2) is 4.79 Å². The summed E-state index contributed by atoms with van der Waals surface area (Å²) in [6.45, 7) is 6.02. The Hall–Kier alpha value is -2.78. The standard InChI is InChI=1S/C18H16N4O3S2/c1-3-9-22-15(23)13(10-11-5-7-12(8-6-11)16(24)25)26-18(22)19-17-21-20-14(4-2)27-17/h3,5-8,10H,1,4,9H2,2H3,(H,24,25)/b13-10+,19-18+. The van der Waals surface area contributed by atoms with E-state index in [-0.39, 0.29) is 11.5 Å². The highest BCUT2D eigenvalue weighted by Gasteiger charge is 2.32. The van der Waals surface area contributed by atoms with Crippen LogP contribution in [0, 0.1) is 0 Å². The second kappa shape index (κ2) is 8.28. The number of nitrogens with zero attached hydrogens (tertiary/aromatic N) is 4. The number of aryl methyl sites for hydroxylation is 1. The molecule has 9 heteroatoms. The lowest BCUT2D eigenvalue weighted by Crippen LogP contribution is -2.29. The van der Waals surface area contributed by atoms with Crippen molar-refractivity contribution in [3.63, 3.8) is 0 Å². The molecular weight excluding hydrogens is 384 g/mol. The van der Waals surface area contributed by atoms with E-state index in [9.17, 15) is 9.59 Å². The lowest BCUT2D eigenvalue weighted by Gasteiger charge is -2.11. The van der Waals surface area contributed by atoms with Gasteiger partial charge in [0.15, 0.2) is 5.17 Å². The molecule has 138 valence electrons. The van der Waals surface area contributed by atoms with Crippen molar-refractivity contribution in [1.82, 2.24) is 15.1 Å². The van der Waals surface area contributed by atoms with Crippen molar-refractivity contribution in [3.05, 3.63) is 58.0 Å². The molecule has 0 radical (unpaired) electrons. The van der Waals surface area contributed by atoms with Crippen molar-refractivity contribution < 1.29 is 14.7 Å². The summed E-state index contributed by atoms with van der Waals surface area (Å²) in [5.74, 6) is -1.17. The Morgan fingerprint density at radius 2 is 2.07 bits per heavy atom. The molecule has 27 heavy (non-hydrogen) atoms. The van der Waals surface area contributed by atoms with Crippen LogP contribution in [0.15, 0.2) is 46.8 Å². The second-order valence-corrected chi connectivity index (χ2v) is 7.52. The van der Waals surface area contributed by atoms with Crippen LogP contribution in [0.3, 0.4) is 0 Å². The number of carboxylic acid groups (broad SMARTS) is 1. The number of aliphatic imine (C=N–C) groups is 1. The molecule has 7 nitrogen and oxygen atoms in total. The molecular formula is C18H16N4O3S2. The van der Waals surface area contributed by atoms with Crippen LogP contribution >= 0.6 is 23.1 Å². The highest BCUT2D eigenvalue weighted by atomic mass is 32.2. The van der Waals surface area contributed by atoms with Gasteiger partial charge in [0.1, 0.15) is 5.01 Å². The Kier molecular flexibility index (Phi) is 5.82. The normalized spacial score (nSPS) is 17.1. The molecule has 0 bridgehead atoms. The predicted molar refractivity (Wildman–Crippen MR) is 107 cm³/mol. The molecule has 0 atom stereocenters. The van der Waals surface area contributed by atoms with Crippen molar-refractivity contribution in [2.45, 2.75) is 13.3 Å². The summed E-state index contributed by atoms with van der Waals surface area (Å²) in [4.78, 5) is 30.2. The van der Waals surface area contributed by atoms with Gasteiger partial charge in [-0.2, -0.15) is 4.99 Å². The Bertz CT molecular complexity index is 948. The largest absolute Gasteiger partial charge is 0.478 e. The predicted octanol–water partition coefficient (Wildman–Crippen LogP) is 3.59.